The highest BCUT2D eigenvalue weighted by Crippen LogP contribution is 2.27. The Morgan fingerprint density at radius 3 is 2.46 bits per heavy atom. The maximum absolute atomic E-state index is 12.9. The molecular weight excluding hydrogens is 368 g/mol. The second-order valence-electron chi connectivity index (χ2n) is 7.33. The van der Waals surface area contributed by atoms with Gasteiger partial charge < -0.3 is 9.13 Å². The predicted octanol–water partition coefficient (Wildman–Crippen LogP) is 5.25. The first-order valence-electron chi connectivity index (χ1n) is 9.68. The first kappa shape index (κ1) is 20.4. The molecule has 0 aliphatic rings. The molecule has 0 spiro atoms. The molecule has 0 aliphatic heterocycles. The van der Waals surface area contributed by atoms with Gasteiger partial charge in [0.15, 0.2) is 16.8 Å². The number of ketones is 1. The Morgan fingerprint density at radius 1 is 1.14 bits per heavy atom. The topological polar surface area (TPSA) is 52.7 Å². The molecule has 0 unspecified atom stereocenters. The van der Waals surface area contributed by atoms with Crippen molar-refractivity contribution in [3.63, 3.8) is 0 Å². The minimum absolute atomic E-state index is 0.132. The van der Waals surface area contributed by atoms with Crippen molar-refractivity contribution in [1.29, 1.82) is 0 Å². The number of benzene rings is 1. The monoisotopic (exact) mass is 396 g/mol. The second-order valence-corrected chi connectivity index (χ2v) is 8.27. The van der Waals surface area contributed by atoms with Gasteiger partial charge in [0.1, 0.15) is 0 Å². The van der Waals surface area contributed by atoms with E-state index in [4.69, 9.17) is 0 Å². The third-order valence-electron chi connectivity index (χ3n) is 5.05. The van der Waals surface area contributed by atoms with Gasteiger partial charge in [-0.2, -0.15) is 0 Å². The maximum Gasteiger partial charge on any atom is 0.191 e. The van der Waals surface area contributed by atoms with E-state index in [1.54, 1.807) is 0 Å². The fourth-order valence-corrected chi connectivity index (χ4v) is 4.65. The van der Waals surface area contributed by atoms with Gasteiger partial charge in [-0.1, -0.05) is 36.0 Å². The van der Waals surface area contributed by atoms with Crippen LogP contribution in [0.2, 0.25) is 0 Å². The lowest BCUT2D eigenvalue weighted by atomic mass is 10.1. The molecule has 1 aromatic carbocycles. The van der Waals surface area contributed by atoms with Gasteiger partial charge in [0.2, 0.25) is 0 Å². The summed E-state index contributed by atoms with van der Waals surface area (Å²) in [6, 6.07) is 10.5. The van der Waals surface area contributed by atoms with Crippen molar-refractivity contribution in [2.24, 2.45) is 0 Å². The fraction of sp³-hybridized carbons (Fsp3) is 0.409. The van der Waals surface area contributed by atoms with Gasteiger partial charge >= 0.3 is 0 Å². The zero-order chi connectivity index (χ0) is 20.4. The number of hydrogen-bond acceptors (Lipinski definition) is 4. The van der Waals surface area contributed by atoms with Crippen LogP contribution >= 0.6 is 11.8 Å². The average Bonchev–Trinajstić information content (AvgIpc) is 3.20. The summed E-state index contributed by atoms with van der Waals surface area (Å²) in [7, 11) is 0. The van der Waals surface area contributed by atoms with Crippen molar-refractivity contribution in [3.8, 4) is 11.4 Å². The molecule has 5 nitrogen and oxygen atoms in total. The zero-order valence-electron chi connectivity index (χ0n) is 17.5. The molecule has 2 aromatic heterocycles. The molecule has 0 amide bonds. The van der Waals surface area contributed by atoms with Gasteiger partial charge in [-0.25, -0.2) is 0 Å². The Morgan fingerprint density at radius 2 is 1.86 bits per heavy atom. The highest BCUT2D eigenvalue weighted by Gasteiger charge is 2.20. The maximum atomic E-state index is 12.9. The summed E-state index contributed by atoms with van der Waals surface area (Å²) < 4.78 is 4.29. The molecule has 6 heteroatoms. The fourth-order valence-electron chi connectivity index (χ4n) is 3.77. The van der Waals surface area contributed by atoms with Crippen molar-refractivity contribution < 1.29 is 4.79 Å². The van der Waals surface area contributed by atoms with Crippen LogP contribution in [-0.2, 0) is 6.54 Å². The first-order chi connectivity index (χ1) is 13.3. The molecular formula is C22H28N4OS. The molecule has 0 atom stereocenters. The van der Waals surface area contributed by atoms with Crippen LogP contribution in [0.25, 0.3) is 11.4 Å². The van der Waals surface area contributed by atoms with Crippen LogP contribution in [-0.4, -0.2) is 30.9 Å². The summed E-state index contributed by atoms with van der Waals surface area (Å²) in [5.41, 5.74) is 5.21. The highest BCUT2D eigenvalue weighted by atomic mass is 32.2. The molecule has 148 valence electrons. The number of rotatable bonds is 7. The van der Waals surface area contributed by atoms with Crippen LogP contribution < -0.4 is 0 Å². The van der Waals surface area contributed by atoms with Gasteiger partial charge in [0.05, 0.1) is 5.75 Å². The summed E-state index contributed by atoms with van der Waals surface area (Å²) in [5, 5.41) is 9.55. The van der Waals surface area contributed by atoms with E-state index in [0.717, 1.165) is 40.0 Å². The second kappa shape index (κ2) is 8.35. The lowest BCUT2D eigenvalue weighted by Gasteiger charge is -2.13. The molecule has 0 bridgehead atoms. The van der Waals surface area contributed by atoms with E-state index >= 15 is 0 Å². The van der Waals surface area contributed by atoms with Gasteiger partial charge in [0, 0.05) is 35.1 Å². The number of nitrogens with zero attached hydrogens (tertiary/aromatic N) is 4. The smallest absolute Gasteiger partial charge is 0.191 e. The normalized spacial score (nSPS) is 11.4. The lowest BCUT2D eigenvalue weighted by molar-refractivity contribution is 0.102. The zero-order valence-corrected chi connectivity index (χ0v) is 18.3. The van der Waals surface area contributed by atoms with Crippen LogP contribution in [0.3, 0.4) is 0 Å². The Hall–Kier alpha value is -2.34. The molecule has 3 aromatic rings. The van der Waals surface area contributed by atoms with Crippen molar-refractivity contribution in [2.75, 3.05) is 5.75 Å². The van der Waals surface area contributed by atoms with Crippen LogP contribution in [0.15, 0.2) is 35.5 Å². The van der Waals surface area contributed by atoms with E-state index in [1.165, 1.54) is 17.3 Å². The van der Waals surface area contributed by atoms with Crippen LogP contribution in [0.5, 0.6) is 0 Å². The average molecular weight is 397 g/mol. The molecule has 2 heterocycles. The number of aryl methyl sites for hydroxylation is 2. The summed E-state index contributed by atoms with van der Waals surface area (Å²) >= 11 is 1.46. The standard InChI is InChI=1S/C22H28N4OS/c1-7-25-21(18-11-9-8-10-15(18)4)23-24-22(25)28-13-20(27)19-12-16(5)26(14(2)3)17(19)6/h8-12,14H,7,13H2,1-6H3. The molecule has 0 fully saturated rings. The first-order valence-corrected chi connectivity index (χ1v) is 10.7. The number of aromatic nitrogens is 4. The summed E-state index contributed by atoms with van der Waals surface area (Å²) in [5.74, 6) is 1.34. The molecule has 0 saturated carbocycles. The third kappa shape index (κ3) is 3.78. The van der Waals surface area contributed by atoms with E-state index in [1.807, 2.05) is 25.1 Å². The summed E-state index contributed by atoms with van der Waals surface area (Å²) in [6.45, 7) is 13.3. The van der Waals surface area contributed by atoms with E-state index in [2.05, 4.69) is 66.1 Å². The van der Waals surface area contributed by atoms with Gasteiger partial charge in [-0.15, -0.1) is 10.2 Å². The van der Waals surface area contributed by atoms with E-state index in [0.29, 0.717) is 11.8 Å². The largest absolute Gasteiger partial charge is 0.346 e. The van der Waals surface area contributed by atoms with Crippen LogP contribution in [0, 0.1) is 20.8 Å². The van der Waals surface area contributed by atoms with Gasteiger partial charge in [-0.3, -0.25) is 4.79 Å². The Balaban J connectivity index is 1.82. The number of carbonyl (C=O) groups is 1. The number of thioether (sulfide) groups is 1. The van der Waals surface area contributed by atoms with Crippen molar-refractivity contribution in [2.45, 2.75) is 59.3 Å². The number of carbonyl (C=O) groups excluding carboxylic acids is 1. The number of Topliss-reactive ketones (excluding diaryl/α,β-unsaturated/α-hetero) is 1. The van der Waals surface area contributed by atoms with Crippen LogP contribution in [0.1, 0.15) is 54.1 Å². The van der Waals surface area contributed by atoms with Crippen molar-refractivity contribution in [3.05, 3.63) is 52.8 Å². The Labute approximate surface area is 171 Å². The van der Waals surface area contributed by atoms with Gasteiger partial charge in [0.25, 0.3) is 0 Å². The highest BCUT2D eigenvalue weighted by molar-refractivity contribution is 7.99. The Bertz CT molecular complexity index is 1000. The molecule has 3 rings (SSSR count). The Kier molecular flexibility index (Phi) is 6.08. The molecule has 0 N–H and O–H groups in total. The molecule has 28 heavy (non-hydrogen) atoms. The van der Waals surface area contributed by atoms with E-state index in [-0.39, 0.29) is 5.78 Å². The quantitative estimate of drug-likeness (QED) is 0.404. The minimum Gasteiger partial charge on any atom is -0.346 e. The minimum atomic E-state index is 0.132. The van der Waals surface area contributed by atoms with Crippen LogP contribution in [0.4, 0.5) is 0 Å². The van der Waals surface area contributed by atoms with E-state index in [9.17, 15) is 4.79 Å². The molecule has 0 radical (unpaired) electrons. The van der Waals surface area contributed by atoms with E-state index < -0.39 is 0 Å². The van der Waals surface area contributed by atoms with Crippen molar-refractivity contribution in [1.82, 2.24) is 19.3 Å². The number of hydrogen-bond donors (Lipinski definition) is 0. The predicted molar refractivity (Wildman–Crippen MR) is 115 cm³/mol. The SMILES string of the molecule is CCn1c(SCC(=O)c2cc(C)n(C(C)C)c2C)nnc1-c1ccccc1C. The van der Waals surface area contributed by atoms with Crippen molar-refractivity contribution >= 4 is 17.5 Å². The summed E-state index contributed by atoms with van der Waals surface area (Å²) in [4.78, 5) is 12.9. The molecule has 0 aliphatic carbocycles. The summed E-state index contributed by atoms with van der Waals surface area (Å²) in [6.07, 6.45) is 0. The molecule has 0 saturated heterocycles. The van der Waals surface area contributed by atoms with Gasteiger partial charge in [-0.05, 0) is 53.2 Å². The lowest BCUT2D eigenvalue weighted by Crippen LogP contribution is -2.09. The third-order valence-corrected chi connectivity index (χ3v) is 6.02.